The summed E-state index contributed by atoms with van der Waals surface area (Å²) < 4.78 is 1.48. The molecule has 2 aromatic heterocycles. The third-order valence-electron chi connectivity index (χ3n) is 1.92. The van der Waals surface area contributed by atoms with Gasteiger partial charge in [-0.1, -0.05) is 0 Å². The van der Waals surface area contributed by atoms with Crippen LogP contribution in [0, 0.1) is 10.1 Å². The van der Waals surface area contributed by atoms with Crippen molar-refractivity contribution < 1.29 is 4.92 Å². The van der Waals surface area contributed by atoms with Crippen molar-refractivity contribution in [3.63, 3.8) is 0 Å². The fourth-order valence-electron chi connectivity index (χ4n) is 1.09. The van der Waals surface area contributed by atoms with Crippen LogP contribution in [0.1, 0.15) is 0 Å². The lowest BCUT2D eigenvalue weighted by molar-refractivity contribution is -0.388. The molecule has 10 nitrogen and oxygen atoms in total. The van der Waals surface area contributed by atoms with Crippen LogP contribution < -0.4 is 11.3 Å². The first kappa shape index (κ1) is 12.2. The number of hydrogen-bond acceptors (Lipinski definition) is 9. The van der Waals surface area contributed by atoms with Crippen LogP contribution in [-0.2, 0) is 7.05 Å². The van der Waals surface area contributed by atoms with E-state index in [2.05, 4.69) is 25.5 Å². The Morgan fingerprint density at radius 3 is 2.89 bits per heavy atom. The molecule has 0 aliphatic rings. The summed E-state index contributed by atoms with van der Waals surface area (Å²) in [7, 11) is 1.67. The molecule has 0 unspecified atom stereocenters. The van der Waals surface area contributed by atoms with Crippen LogP contribution in [-0.4, -0.2) is 29.7 Å². The molecule has 0 radical (unpaired) electrons. The molecule has 94 valence electrons. The minimum Gasteiger partial charge on any atom is -0.292 e. The number of rotatable bonds is 4. The zero-order chi connectivity index (χ0) is 13.1. The molecule has 0 aromatic carbocycles. The van der Waals surface area contributed by atoms with Crippen LogP contribution in [0.25, 0.3) is 0 Å². The number of nitro groups is 1. The van der Waals surface area contributed by atoms with Gasteiger partial charge in [-0.25, -0.2) is 20.5 Å². The lowest BCUT2D eigenvalue weighted by atomic mass is 10.5. The molecule has 0 atom stereocenters. The van der Waals surface area contributed by atoms with Crippen LogP contribution >= 0.6 is 11.8 Å². The first-order chi connectivity index (χ1) is 8.61. The average molecular weight is 268 g/mol. The SMILES string of the molecule is Cn1ncnc1Sc1nc(NN)ncc1[N+](=O)[O-]. The third kappa shape index (κ3) is 2.36. The molecular formula is C7H8N8O2S. The first-order valence-electron chi connectivity index (χ1n) is 4.61. The van der Waals surface area contributed by atoms with Crippen LogP contribution in [0.5, 0.6) is 0 Å². The molecule has 0 bridgehead atoms. The van der Waals surface area contributed by atoms with Crippen molar-refractivity contribution >= 4 is 23.4 Å². The zero-order valence-corrected chi connectivity index (χ0v) is 9.96. The highest BCUT2D eigenvalue weighted by Gasteiger charge is 2.20. The van der Waals surface area contributed by atoms with Gasteiger partial charge in [0.05, 0.1) is 4.92 Å². The topological polar surface area (TPSA) is 138 Å². The Morgan fingerprint density at radius 1 is 1.56 bits per heavy atom. The van der Waals surface area contributed by atoms with Gasteiger partial charge in [-0.2, -0.15) is 10.1 Å². The number of nitrogens with zero attached hydrogens (tertiary/aromatic N) is 6. The predicted octanol–water partition coefficient (Wildman–Crippen LogP) is -0.0499. The maximum Gasteiger partial charge on any atom is 0.320 e. The number of aromatic nitrogens is 5. The van der Waals surface area contributed by atoms with Gasteiger partial charge in [0.25, 0.3) is 0 Å². The molecule has 18 heavy (non-hydrogen) atoms. The minimum atomic E-state index is -0.570. The van der Waals surface area contributed by atoms with Crippen molar-refractivity contribution in [3.8, 4) is 0 Å². The van der Waals surface area contributed by atoms with E-state index in [-0.39, 0.29) is 16.7 Å². The Kier molecular flexibility index (Phi) is 3.34. The molecule has 0 fully saturated rings. The van der Waals surface area contributed by atoms with E-state index >= 15 is 0 Å². The summed E-state index contributed by atoms with van der Waals surface area (Å²) in [6.45, 7) is 0. The second kappa shape index (κ2) is 4.93. The Balaban J connectivity index is 2.41. The fourth-order valence-corrected chi connectivity index (χ4v) is 1.91. The number of aryl methyl sites for hydroxylation is 1. The average Bonchev–Trinajstić information content (AvgIpc) is 2.74. The number of nitrogen functional groups attached to an aromatic ring is 1. The molecule has 11 heteroatoms. The standard InChI is InChI=1S/C7H8N8O2S/c1-14-7(10-3-11-14)18-5-4(15(16)17)2-9-6(12-5)13-8/h2-3H,8H2,1H3,(H,9,12,13). The van der Waals surface area contributed by atoms with Crippen molar-refractivity contribution in [2.24, 2.45) is 12.9 Å². The van der Waals surface area contributed by atoms with Gasteiger partial charge in [0.1, 0.15) is 12.5 Å². The van der Waals surface area contributed by atoms with E-state index in [0.717, 1.165) is 18.0 Å². The molecule has 2 heterocycles. The van der Waals surface area contributed by atoms with Crippen LogP contribution in [0.3, 0.4) is 0 Å². The highest BCUT2D eigenvalue weighted by Crippen LogP contribution is 2.31. The second-order valence-electron chi connectivity index (χ2n) is 3.05. The Bertz CT molecular complexity index is 585. The Labute approximate surface area is 105 Å². The zero-order valence-electron chi connectivity index (χ0n) is 9.14. The number of hydrogen-bond donors (Lipinski definition) is 2. The van der Waals surface area contributed by atoms with Gasteiger partial charge >= 0.3 is 5.69 Å². The minimum absolute atomic E-state index is 0.0882. The van der Waals surface area contributed by atoms with Crippen LogP contribution in [0.15, 0.2) is 22.7 Å². The summed E-state index contributed by atoms with van der Waals surface area (Å²) in [6.07, 6.45) is 2.43. The molecule has 0 saturated carbocycles. The van der Waals surface area contributed by atoms with Gasteiger partial charge < -0.3 is 0 Å². The number of nitrogens with two attached hydrogens (primary N) is 1. The van der Waals surface area contributed by atoms with Gasteiger partial charge in [-0.3, -0.25) is 15.5 Å². The van der Waals surface area contributed by atoms with Crippen molar-refractivity contribution in [1.82, 2.24) is 24.7 Å². The van der Waals surface area contributed by atoms with Gasteiger partial charge in [-0.05, 0) is 11.8 Å². The smallest absolute Gasteiger partial charge is 0.292 e. The quantitative estimate of drug-likeness (QED) is 0.338. The summed E-state index contributed by atoms with van der Waals surface area (Å²) in [5, 5.41) is 15.3. The summed E-state index contributed by atoms with van der Waals surface area (Å²) >= 11 is 1.01. The van der Waals surface area contributed by atoms with Crippen LogP contribution in [0.4, 0.5) is 11.6 Å². The van der Waals surface area contributed by atoms with Gasteiger partial charge in [0.2, 0.25) is 5.95 Å². The van der Waals surface area contributed by atoms with E-state index in [9.17, 15) is 10.1 Å². The lowest BCUT2D eigenvalue weighted by Crippen LogP contribution is -2.11. The molecule has 0 aliphatic heterocycles. The molecule has 2 aromatic rings. The van der Waals surface area contributed by atoms with Crippen molar-refractivity contribution in [2.45, 2.75) is 10.2 Å². The van der Waals surface area contributed by atoms with E-state index in [1.54, 1.807) is 7.05 Å². The molecule has 0 amide bonds. The Morgan fingerprint density at radius 2 is 2.33 bits per heavy atom. The normalized spacial score (nSPS) is 10.3. The monoisotopic (exact) mass is 268 g/mol. The third-order valence-corrected chi connectivity index (χ3v) is 2.97. The summed E-state index contributed by atoms with van der Waals surface area (Å²) in [5.41, 5.74) is 2.01. The Hall–Kier alpha value is -2.27. The number of nitrogens with one attached hydrogen (secondary N) is 1. The van der Waals surface area contributed by atoms with E-state index in [4.69, 9.17) is 5.84 Å². The molecule has 3 N–H and O–H groups in total. The molecule has 0 saturated heterocycles. The van der Waals surface area contributed by atoms with Crippen molar-refractivity contribution in [1.29, 1.82) is 0 Å². The summed E-state index contributed by atoms with van der Waals surface area (Å²) in [5.74, 6) is 5.25. The largest absolute Gasteiger partial charge is 0.320 e. The van der Waals surface area contributed by atoms with Crippen molar-refractivity contribution in [2.75, 3.05) is 5.43 Å². The highest BCUT2D eigenvalue weighted by atomic mass is 32.2. The maximum atomic E-state index is 10.9. The number of hydrazine groups is 1. The van der Waals surface area contributed by atoms with Crippen LogP contribution in [0.2, 0.25) is 0 Å². The molecule has 0 spiro atoms. The summed E-state index contributed by atoms with van der Waals surface area (Å²) in [6, 6.07) is 0. The molecule has 0 aliphatic carbocycles. The molecular weight excluding hydrogens is 260 g/mol. The fraction of sp³-hybridized carbons (Fsp3) is 0.143. The van der Waals surface area contributed by atoms with E-state index in [1.165, 1.54) is 11.0 Å². The van der Waals surface area contributed by atoms with Gasteiger partial charge in [0, 0.05) is 7.05 Å². The maximum absolute atomic E-state index is 10.9. The lowest BCUT2D eigenvalue weighted by Gasteiger charge is -2.03. The van der Waals surface area contributed by atoms with Gasteiger partial charge in [-0.15, -0.1) is 0 Å². The van der Waals surface area contributed by atoms with Gasteiger partial charge in [0.15, 0.2) is 10.2 Å². The van der Waals surface area contributed by atoms with E-state index in [0.29, 0.717) is 5.16 Å². The van der Waals surface area contributed by atoms with Crippen molar-refractivity contribution in [3.05, 3.63) is 22.6 Å². The highest BCUT2D eigenvalue weighted by molar-refractivity contribution is 7.99. The number of anilines is 1. The van der Waals surface area contributed by atoms with E-state index in [1.807, 2.05) is 0 Å². The first-order valence-corrected chi connectivity index (χ1v) is 5.43. The van der Waals surface area contributed by atoms with E-state index < -0.39 is 4.92 Å². The molecule has 2 rings (SSSR count). The second-order valence-corrected chi connectivity index (χ2v) is 4.01. The summed E-state index contributed by atoms with van der Waals surface area (Å²) in [4.78, 5) is 21.8. The predicted molar refractivity (Wildman–Crippen MR) is 61.6 cm³/mol.